The lowest BCUT2D eigenvalue weighted by Gasteiger charge is -2.31. The summed E-state index contributed by atoms with van der Waals surface area (Å²) >= 11 is 1.77. The molecule has 110 valence electrons. The summed E-state index contributed by atoms with van der Waals surface area (Å²) in [6, 6.07) is -1.06. The average Bonchev–Trinajstić information content (AvgIpc) is 2.36. The van der Waals surface area contributed by atoms with Crippen LogP contribution in [0.5, 0.6) is 0 Å². The zero-order valence-corrected chi connectivity index (χ0v) is 12.6. The predicted molar refractivity (Wildman–Crippen MR) is 77.5 cm³/mol. The van der Waals surface area contributed by atoms with Crippen LogP contribution in [0.1, 0.15) is 39.5 Å². The molecule has 5 nitrogen and oxygen atoms in total. The van der Waals surface area contributed by atoms with Crippen LogP contribution >= 0.6 is 11.8 Å². The Bertz CT molecular complexity index is 323. The molecule has 0 aromatic carbocycles. The maximum Gasteiger partial charge on any atom is 0.326 e. The van der Waals surface area contributed by atoms with Gasteiger partial charge < -0.3 is 15.7 Å². The number of nitrogens with one attached hydrogen (secondary N) is 2. The van der Waals surface area contributed by atoms with Crippen molar-refractivity contribution >= 4 is 23.8 Å². The van der Waals surface area contributed by atoms with Gasteiger partial charge in [-0.1, -0.05) is 26.7 Å². The van der Waals surface area contributed by atoms with E-state index >= 15 is 0 Å². The zero-order valence-electron chi connectivity index (χ0n) is 11.8. The molecule has 6 heteroatoms. The van der Waals surface area contributed by atoms with E-state index < -0.39 is 12.0 Å². The normalized spacial score (nSPS) is 24.8. The van der Waals surface area contributed by atoms with E-state index in [4.69, 9.17) is 5.11 Å². The van der Waals surface area contributed by atoms with Crippen molar-refractivity contribution in [3.8, 4) is 0 Å². The standard InChI is InChI=1S/C13H24N2O3S/c1-8(2)11(12(16)17)15-13(18)14-9-6-4-5-7-10(9)19-3/h8-11H,4-7H2,1-3H3,(H,16,17)(H2,14,15,18)/t9?,10?,11-/m1/s1. The molecule has 0 aliphatic heterocycles. The molecule has 0 aromatic heterocycles. The van der Waals surface area contributed by atoms with Gasteiger partial charge in [0, 0.05) is 11.3 Å². The minimum atomic E-state index is -0.991. The predicted octanol–water partition coefficient (Wildman–Crippen LogP) is 2.07. The van der Waals surface area contributed by atoms with E-state index in [0.29, 0.717) is 5.25 Å². The number of thioether (sulfide) groups is 1. The summed E-state index contributed by atoms with van der Waals surface area (Å²) in [5, 5.41) is 15.0. The first-order chi connectivity index (χ1) is 8.95. The van der Waals surface area contributed by atoms with E-state index in [9.17, 15) is 9.59 Å². The van der Waals surface area contributed by atoms with Gasteiger partial charge >= 0.3 is 12.0 Å². The highest BCUT2D eigenvalue weighted by atomic mass is 32.2. The molecule has 1 saturated carbocycles. The first kappa shape index (κ1) is 16.1. The third kappa shape index (κ3) is 4.93. The minimum Gasteiger partial charge on any atom is -0.480 e. The summed E-state index contributed by atoms with van der Waals surface area (Å²) in [5.74, 6) is -1.12. The van der Waals surface area contributed by atoms with Gasteiger partial charge in [0.2, 0.25) is 0 Å². The number of hydrogen-bond donors (Lipinski definition) is 3. The van der Waals surface area contributed by atoms with Crippen LogP contribution in [0.4, 0.5) is 4.79 Å². The maximum atomic E-state index is 11.9. The van der Waals surface area contributed by atoms with Crippen molar-refractivity contribution in [1.29, 1.82) is 0 Å². The topological polar surface area (TPSA) is 78.4 Å². The van der Waals surface area contributed by atoms with Crippen LogP contribution in [-0.2, 0) is 4.79 Å². The molecular weight excluding hydrogens is 264 g/mol. The Labute approximate surface area is 118 Å². The Morgan fingerprint density at radius 3 is 2.42 bits per heavy atom. The molecule has 1 fully saturated rings. The molecule has 0 saturated heterocycles. The van der Waals surface area contributed by atoms with Crippen molar-refractivity contribution in [2.75, 3.05) is 6.26 Å². The van der Waals surface area contributed by atoms with Gasteiger partial charge in [-0.3, -0.25) is 0 Å². The maximum absolute atomic E-state index is 11.9. The lowest BCUT2D eigenvalue weighted by molar-refractivity contribution is -0.140. The smallest absolute Gasteiger partial charge is 0.326 e. The number of carboxylic acid groups (broad SMARTS) is 1. The third-order valence-electron chi connectivity index (χ3n) is 3.54. The van der Waals surface area contributed by atoms with Gasteiger partial charge in [-0.05, 0) is 25.0 Å². The largest absolute Gasteiger partial charge is 0.480 e. The first-order valence-corrected chi connectivity index (χ1v) is 8.07. The van der Waals surface area contributed by atoms with E-state index in [0.717, 1.165) is 19.3 Å². The van der Waals surface area contributed by atoms with Crippen LogP contribution in [0.25, 0.3) is 0 Å². The molecular formula is C13H24N2O3S. The highest BCUT2D eigenvalue weighted by Gasteiger charge is 2.28. The highest BCUT2D eigenvalue weighted by Crippen LogP contribution is 2.27. The summed E-state index contributed by atoms with van der Waals surface area (Å²) in [5.41, 5.74) is 0. The molecule has 1 rings (SSSR count). The molecule has 2 unspecified atom stereocenters. The molecule has 0 spiro atoms. The summed E-state index contributed by atoms with van der Waals surface area (Å²) in [6.45, 7) is 3.56. The first-order valence-electron chi connectivity index (χ1n) is 6.78. The molecule has 3 N–H and O–H groups in total. The van der Waals surface area contributed by atoms with Crippen molar-refractivity contribution in [3.63, 3.8) is 0 Å². The highest BCUT2D eigenvalue weighted by molar-refractivity contribution is 7.99. The second-order valence-electron chi connectivity index (χ2n) is 5.34. The van der Waals surface area contributed by atoms with E-state index in [1.165, 1.54) is 6.42 Å². The Hall–Kier alpha value is -0.910. The van der Waals surface area contributed by atoms with Crippen molar-refractivity contribution in [3.05, 3.63) is 0 Å². The lowest BCUT2D eigenvalue weighted by atomic mass is 9.95. The SMILES string of the molecule is CSC1CCCCC1NC(=O)N[C@@H](C(=O)O)C(C)C. The molecule has 0 radical (unpaired) electrons. The fourth-order valence-corrected chi connectivity index (χ4v) is 3.34. The number of rotatable bonds is 5. The van der Waals surface area contributed by atoms with Gasteiger partial charge in [0.05, 0.1) is 0 Å². The summed E-state index contributed by atoms with van der Waals surface area (Å²) in [6.07, 6.45) is 6.46. The number of carboxylic acids is 1. The van der Waals surface area contributed by atoms with Crippen molar-refractivity contribution in [1.82, 2.24) is 10.6 Å². The van der Waals surface area contributed by atoms with Gasteiger partial charge in [0.25, 0.3) is 0 Å². The van der Waals surface area contributed by atoms with Crippen molar-refractivity contribution in [2.24, 2.45) is 5.92 Å². The van der Waals surface area contributed by atoms with Crippen LogP contribution < -0.4 is 10.6 Å². The zero-order chi connectivity index (χ0) is 14.4. The molecule has 0 bridgehead atoms. The Morgan fingerprint density at radius 1 is 1.26 bits per heavy atom. The quantitative estimate of drug-likeness (QED) is 0.723. The van der Waals surface area contributed by atoms with Gasteiger partial charge in [-0.15, -0.1) is 0 Å². The second-order valence-corrected chi connectivity index (χ2v) is 6.42. The van der Waals surface area contributed by atoms with Gasteiger partial charge in [-0.25, -0.2) is 9.59 Å². The molecule has 3 atom stereocenters. The van der Waals surface area contributed by atoms with Gasteiger partial charge in [0.1, 0.15) is 6.04 Å². The van der Waals surface area contributed by atoms with E-state index in [2.05, 4.69) is 16.9 Å². The van der Waals surface area contributed by atoms with E-state index in [1.807, 2.05) is 0 Å². The third-order valence-corrected chi connectivity index (χ3v) is 4.71. The van der Waals surface area contributed by atoms with Crippen LogP contribution in [-0.4, -0.2) is 40.7 Å². The molecule has 0 heterocycles. The number of hydrogen-bond acceptors (Lipinski definition) is 3. The van der Waals surface area contributed by atoms with Gasteiger partial charge in [0.15, 0.2) is 0 Å². The van der Waals surface area contributed by atoms with Crippen molar-refractivity contribution in [2.45, 2.75) is 56.9 Å². The van der Waals surface area contributed by atoms with E-state index in [-0.39, 0.29) is 18.0 Å². The molecule has 2 amide bonds. The number of carbonyl (C=O) groups is 2. The molecule has 1 aliphatic rings. The van der Waals surface area contributed by atoms with Crippen molar-refractivity contribution < 1.29 is 14.7 Å². The van der Waals surface area contributed by atoms with Crippen LogP contribution in [0.15, 0.2) is 0 Å². The number of amides is 2. The summed E-state index contributed by atoms with van der Waals surface area (Å²) in [4.78, 5) is 22.9. The average molecular weight is 288 g/mol. The van der Waals surface area contributed by atoms with Crippen LogP contribution in [0, 0.1) is 5.92 Å². The van der Waals surface area contributed by atoms with Gasteiger partial charge in [-0.2, -0.15) is 11.8 Å². The molecule has 1 aliphatic carbocycles. The Morgan fingerprint density at radius 2 is 1.89 bits per heavy atom. The van der Waals surface area contributed by atoms with E-state index in [1.54, 1.807) is 25.6 Å². The molecule has 0 aromatic rings. The summed E-state index contributed by atoms with van der Waals surface area (Å²) < 4.78 is 0. The fourth-order valence-electron chi connectivity index (χ4n) is 2.41. The fraction of sp³-hybridized carbons (Fsp3) is 0.846. The number of urea groups is 1. The number of aliphatic carboxylic acids is 1. The minimum absolute atomic E-state index is 0.133. The number of carbonyl (C=O) groups excluding carboxylic acids is 1. The second kappa shape index (κ2) is 7.62. The van der Waals surface area contributed by atoms with Crippen LogP contribution in [0.3, 0.4) is 0 Å². The van der Waals surface area contributed by atoms with Crippen LogP contribution in [0.2, 0.25) is 0 Å². The monoisotopic (exact) mass is 288 g/mol. The Balaban J connectivity index is 2.51. The lowest BCUT2D eigenvalue weighted by Crippen LogP contribution is -2.53. The Kier molecular flexibility index (Phi) is 6.48. The summed E-state index contributed by atoms with van der Waals surface area (Å²) in [7, 11) is 0. The molecule has 19 heavy (non-hydrogen) atoms.